The van der Waals surface area contributed by atoms with Crippen LogP contribution in [0.3, 0.4) is 0 Å². The van der Waals surface area contributed by atoms with Gasteiger partial charge in [0.05, 0.1) is 18.7 Å². The molecule has 1 aromatic heterocycles. The standard InChI is InChI=1S/C15H16N2O2S/c1-19-12-5-2-4-11(8-12)14-6-3-7-17(14)15(18)13-9-20-10-16-13/h2,4-5,8-10,14H,3,6-7H2,1H3. The number of thiazole rings is 1. The summed E-state index contributed by atoms with van der Waals surface area (Å²) in [5, 5.41) is 1.81. The molecule has 1 atom stereocenters. The molecule has 2 heterocycles. The Morgan fingerprint density at radius 3 is 3.15 bits per heavy atom. The van der Waals surface area contributed by atoms with Crippen molar-refractivity contribution in [2.24, 2.45) is 0 Å². The molecule has 0 bridgehead atoms. The van der Waals surface area contributed by atoms with Crippen LogP contribution in [0.4, 0.5) is 0 Å². The minimum atomic E-state index is 0.0246. The van der Waals surface area contributed by atoms with Crippen LogP contribution in [-0.4, -0.2) is 29.4 Å². The largest absolute Gasteiger partial charge is 0.497 e. The first-order valence-electron chi connectivity index (χ1n) is 6.62. The van der Waals surface area contributed by atoms with Crippen LogP contribution in [0.2, 0.25) is 0 Å². The van der Waals surface area contributed by atoms with Crippen molar-refractivity contribution < 1.29 is 9.53 Å². The monoisotopic (exact) mass is 288 g/mol. The molecule has 5 heteroatoms. The van der Waals surface area contributed by atoms with Crippen LogP contribution in [0.25, 0.3) is 0 Å². The zero-order valence-corrected chi connectivity index (χ0v) is 12.1. The van der Waals surface area contributed by atoms with Gasteiger partial charge >= 0.3 is 0 Å². The summed E-state index contributed by atoms with van der Waals surface area (Å²) in [4.78, 5) is 18.5. The lowest BCUT2D eigenvalue weighted by Crippen LogP contribution is -2.30. The highest BCUT2D eigenvalue weighted by Crippen LogP contribution is 2.34. The normalized spacial score (nSPS) is 18.2. The predicted octanol–water partition coefficient (Wildman–Crippen LogP) is 3.13. The molecule has 3 rings (SSSR count). The molecule has 1 aliphatic heterocycles. The molecule has 0 saturated carbocycles. The molecule has 1 aliphatic rings. The van der Waals surface area contributed by atoms with Gasteiger partial charge in [-0.15, -0.1) is 11.3 Å². The molecule has 0 radical (unpaired) electrons. The lowest BCUT2D eigenvalue weighted by molar-refractivity contribution is 0.0730. The van der Waals surface area contributed by atoms with Crippen molar-refractivity contribution in [3.8, 4) is 5.75 Å². The fraction of sp³-hybridized carbons (Fsp3) is 0.333. The molecular weight excluding hydrogens is 272 g/mol. The first kappa shape index (κ1) is 13.1. The Balaban J connectivity index is 1.86. The van der Waals surface area contributed by atoms with Crippen LogP contribution >= 0.6 is 11.3 Å². The van der Waals surface area contributed by atoms with Crippen LogP contribution in [-0.2, 0) is 0 Å². The van der Waals surface area contributed by atoms with Gasteiger partial charge in [0.2, 0.25) is 0 Å². The average Bonchev–Trinajstić information content (AvgIpc) is 3.17. The van der Waals surface area contributed by atoms with E-state index < -0.39 is 0 Å². The minimum absolute atomic E-state index is 0.0246. The van der Waals surface area contributed by atoms with E-state index >= 15 is 0 Å². The Bertz CT molecular complexity index is 598. The van der Waals surface area contributed by atoms with Crippen molar-refractivity contribution in [1.29, 1.82) is 0 Å². The summed E-state index contributed by atoms with van der Waals surface area (Å²) in [6, 6.07) is 8.08. The number of rotatable bonds is 3. The maximum absolute atomic E-state index is 12.5. The van der Waals surface area contributed by atoms with Gasteiger partial charge in [0.1, 0.15) is 11.4 Å². The van der Waals surface area contributed by atoms with E-state index in [0.717, 1.165) is 30.7 Å². The fourth-order valence-corrected chi connectivity index (χ4v) is 3.20. The van der Waals surface area contributed by atoms with E-state index in [-0.39, 0.29) is 11.9 Å². The molecule has 1 amide bonds. The number of hydrogen-bond acceptors (Lipinski definition) is 4. The molecule has 1 saturated heterocycles. The Hall–Kier alpha value is -1.88. The van der Waals surface area contributed by atoms with E-state index in [4.69, 9.17) is 4.74 Å². The van der Waals surface area contributed by atoms with E-state index in [1.165, 1.54) is 11.3 Å². The summed E-state index contributed by atoms with van der Waals surface area (Å²) in [5.41, 5.74) is 3.37. The molecule has 0 N–H and O–H groups in total. The van der Waals surface area contributed by atoms with Gasteiger partial charge < -0.3 is 9.64 Å². The highest BCUT2D eigenvalue weighted by atomic mass is 32.1. The van der Waals surface area contributed by atoms with Gasteiger partial charge in [0.15, 0.2) is 0 Å². The van der Waals surface area contributed by atoms with Crippen LogP contribution < -0.4 is 4.74 Å². The highest BCUT2D eigenvalue weighted by Gasteiger charge is 2.31. The number of benzene rings is 1. The quantitative estimate of drug-likeness (QED) is 0.871. The SMILES string of the molecule is COc1cccc(C2CCCN2C(=O)c2cscn2)c1. The summed E-state index contributed by atoms with van der Waals surface area (Å²) < 4.78 is 5.27. The molecule has 1 fully saturated rings. The smallest absolute Gasteiger partial charge is 0.273 e. The second-order valence-corrected chi connectivity index (χ2v) is 5.53. The van der Waals surface area contributed by atoms with Crippen molar-refractivity contribution in [2.45, 2.75) is 18.9 Å². The number of amides is 1. The number of ether oxygens (including phenoxy) is 1. The molecule has 0 spiro atoms. The highest BCUT2D eigenvalue weighted by molar-refractivity contribution is 7.07. The molecule has 1 unspecified atom stereocenters. The lowest BCUT2D eigenvalue weighted by atomic mass is 10.0. The van der Waals surface area contributed by atoms with Crippen molar-refractivity contribution in [1.82, 2.24) is 9.88 Å². The van der Waals surface area contributed by atoms with Gasteiger partial charge in [-0.05, 0) is 30.5 Å². The predicted molar refractivity (Wildman–Crippen MR) is 78.1 cm³/mol. The zero-order valence-electron chi connectivity index (χ0n) is 11.3. The van der Waals surface area contributed by atoms with Crippen LogP contribution in [0, 0.1) is 0 Å². The van der Waals surface area contributed by atoms with Gasteiger partial charge in [-0.2, -0.15) is 0 Å². The Morgan fingerprint density at radius 1 is 1.50 bits per heavy atom. The summed E-state index contributed by atoms with van der Waals surface area (Å²) in [7, 11) is 1.66. The van der Waals surface area contributed by atoms with E-state index in [1.54, 1.807) is 12.6 Å². The second kappa shape index (κ2) is 5.63. The first-order chi connectivity index (χ1) is 9.79. The molecule has 104 valence electrons. The van der Waals surface area contributed by atoms with Gasteiger partial charge in [-0.3, -0.25) is 4.79 Å². The van der Waals surface area contributed by atoms with E-state index in [1.807, 2.05) is 28.5 Å². The van der Waals surface area contributed by atoms with E-state index in [0.29, 0.717) is 5.69 Å². The number of methoxy groups -OCH3 is 1. The number of hydrogen-bond donors (Lipinski definition) is 0. The number of aromatic nitrogens is 1. The zero-order chi connectivity index (χ0) is 13.9. The summed E-state index contributed by atoms with van der Waals surface area (Å²) in [6.07, 6.45) is 2.01. The third-order valence-electron chi connectivity index (χ3n) is 3.64. The Morgan fingerprint density at radius 2 is 2.40 bits per heavy atom. The van der Waals surface area contributed by atoms with Crippen LogP contribution in [0.1, 0.15) is 34.9 Å². The summed E-state index contributed by atoms with van der Waals surface area (Å²) in [5.74, 6) is 0.854. The molecule has 1 aromatic carbocycles. The van der Waals surface area contributed by atoms with Crippen molar-refractivity contribution in [3.63, 3.8) is 0 Å². The average molecular weight is 288 g/mol. The van der Waals surface area contributed by atoms with Gasteiger partial charge in [-0.25, -0.2) is 4.98 Å². The van der Waals surface area contributed by atoms with Gasteiger partial charge in [0, 0.05) is 11.9 Å². The van der Waals surface area contributed by atoms with Crippen LogP contribution in [0.5, 0.6) is 5.75 Å². The van der Waals surface area contributed by atoms with Crippen LogP contribution in [0.15, 0.2) is 35.2 Å². The third kappa shape index (κ3) is 2.41. The number of likely N-dealkylation sites (tertiary alicyclic amines) is 1. The Kier molecular flexibility index (Phi) is 3.69. The molecule has 2 aromatic rings. The maximum Gasteiger partial charge on any atom is 0.273 e. The van der Waals surface area contributed by atoms with Crippen molar-refractivity contribution in [2.75, 3.05) is 13.7 Å². The molecule has 4 nitrogen and oxygen atoms in total. The molecular formula is C15H16N2O2S. The molecule has 20 heavy (non-hydrogen) atoms. The number of carbonyl (C=O) groups excluding carboxylic acids is 1. The topological polar surface area (TPSA) is 42.4 Å². The molecule has 0 aliphatic carbocycles. The summed E-state index contributed by atoms with van der Waals surface area (Å²) >= 11 is 1.45. The second-order valence-electron chi connectivity index (χ2n) is 4.81. The maximum atomic E-state index is 12.5. The van der Waals surface area contributed by atoms with Gasteiger partial charge in [-0.1, -0.05) is 12.1 Å². The third-order valence-corrected chi connectivity index (χ3v) is 4.23. The first-order valence-corrected chi connectivity index (χ1v) is 7.57. The minimum Gasteiger partial charge on any atom is -0.497 e. The Labute approximate surface area is 122 Å². The van der Waals surface area contributed by atoms with Crippen molar-refractivity contribution >= 4 is 17.2 Å². The number of nitrogens with zero attached hydrogens (tertiary/aromatic N) is 2. The fourth-order valence-electron chi connectivity index (χ4n) is 2.67. The summed E-state index contributed by atoms with van der Waals surface area (Å²) in [6.45, 7) is 0.790. The van der Waals surface area contributed by atoms with Crippen molar-refractivity contribution in [3.05, 3.63) is 46.4 Å². The lowest BCUT2D eigenvalue weighted by Gasteiger charge is -2.24. The van der Waals surface area contributed by atoms with E-state index in [9.17, 15) is 4.79 Å². The van der Waals surface area contributed by atoms with Gasteiger partial charge in [0.25, 0.3) is 5.91 Å². The van der Waals surface area contributed by atoms with E-state index in [2.05, 4.69) is 11.1 Å². The number of carbonyl (C=O) groups is 1.